The predicted molar refractivity (Wildman–Crippen MR) is 102 cm³/mol. The Morgan fingerprint density at radius 2 is 1.97 bits per heavy atom. The van der Waals surface area contributed by atoms with Gasteiger partial charge in [-0.05, 0) is 32.9 Å². The van der Waals surface area contributed by atoms with E-state index in [1.807, 2.05) is 13.8 Å². The van der Waals surface area contributed by atoms with Crippen LogP contribution >= 0.6 is 11.6 Å². The number of rotatable bonds is 3. The summed E-state index contributed by atoms with van der Waals surface area (Å²) in [6.45, 7) is 5.28. The van der Waals surface area contributed by atoms with Gasteiger partial charge in [0.05, 0.1) is 34.6 Å². The molecule has 0 amide bonds. The number of hydrogen-bond acceptors (Lipinski definition) is 5. The molecule has 4 rings (SSSR count). The van der Waals surface area contributed by atoms with Crippen molar-refractivity contribution in [2.45, 2.75) is 32.7 Å². The Balaban J connectivity index is 2.14. The summed E-state index contributed by atoms with van der Waals surface area (Å²) in [7, 11) is 1.32. The van der Waals surface area contributed by atoms with Crippen molar-refractivity contribution in [1.82, 2.24) is 19.7 Å². The third kappa shape index (κ3) is 2.91. The fraction of sp³-hybridized carbons (Fsp3) is 0.316. The molecule has 0 saturated heterocycles. The molecule has 1 N–H and O–H groups in total. The van der Waals surface area contributed by atoms with Crippen molar-refractivity contribution in [3.8, 4) is 22.7 Å². The zero-order valence-corrected chi connectivity index (χ0v) is 16.8. The lowest BCUT2D eigenvalue weighted by molar-refractivity contribution is 0.151. The summed E-state index contributed by atoms with van der Waals surface area (Å²) in [6, 6.07) is 2.53. The Morgan fingerprint density at radius 1 is 1.24 bits per heavy atom. The smallest absolute Gasteiger partial charge is 0.266 e. The van der Waals surface area contributed by atoms with Crippen molar-refractivity contribution < 1.29 is 17.9 Å². The van der Waals surface area contributed by atoms with Crippen LogP contribution in [0.25, 0.3) is 16.8 Å². The fourth-order valence-corrected chi connectivity index (χ4v) is 3.84. The van der Waals surface area contributed by atoms with Crippen LogP contribution < -0.4 is 10.1 Å². The molecule has 1 aliphatic rings. The van der Waals surface area contributed by atoms with Crippen LogP contribution in [0, 0.1) is 12.7 Å². The topological polar surface area (TPSA) is 64.9 Å². The van der Waals surface area contributed by atoms with Gasteiger partial charge in [-0.25, -0.2) is 18.2 Å². The molecule has 1 aliphatic heterocycles. The Kier molecular flexibility index (Phi) is 4.45. The van der Waals surface area contributed by atoms with Gasteiger partial charge in [0.1, 0.15) is 11.6 Å². The SMILES string of the molecule is COc1ncc(Cl)cc1-c1c(F)cc2c(c1C(F)F)-n1c(C)nnc1C(C)(C)N2. The van der Waals surface area contributed by atoms with Crippen molar-refractivity contribution in [1.29, 1.82) is 0 Å². The summed E-state index contributed by atoms with van der Waals surface area (Å²) in [4.78, 5) is 3.99. The summed E-state index contributed by atoms with van der Waals surface area (Å²) < 4.78 is 50.7. The molecular weight excluding hydrogens is 407 g/mol. The molecule has 0 fully saturated rings. The molecule has 10 heteroatoms. The van der Waals surface area contributed by atoms with E-state index in [4.69, 9.17) is 16.3 Å². The number of aromatic nitrogens is 4. The van der Waals surface area contributed by atoms with E-state index in [0.717, 1.165) is 0 Å². The molecule has 0 radical (unpaired) electrons. The van der Waals surface area contributed by atoms with Gasteiger partial charge in [-0.15, -0.1) is 10.2 Å². The molecule has 6 nitrogen and oxygen atoms in total. The Labute approximate surface area is 169 Å². The first-order chi connectivity index (χ1) is 13.7. The number of nitrogens with one attached hydrogen (secondary N) is 1. The minimum atomic E-state index is -3.00. The highest BCUT2D eigenvalue weighted by molar-refractivity contribution is 6.30. The molecule has 0 unspecified atom stereocenters. The van der Waals surface area contributed by atoms with Crippen molar-refractivity contribution >= 4 is 17.3 Å². The number of halogens is 4. The second-order valence-corrected chi connectivity index (χ2v) is 7.65. The van der Waals surface area contributed by atoms with Crippen LogP contribution in [0.1, 0.15) is 37.5 Å². The van der Waals surface area contributed by atoms with Crippen LogP contribution in [0.15, 0.2) is 18.3 Å². The average molecular weight is 424 g/mol. The van der Waals surface area contributed by atoms with Gasteiger partial charge in [0.25, 0.3) is 6.43 Å². The number of benzene rings is 1. The normalized spacial score (nSPS) is 14.4. The van der Waals surface area contributed by atoms with E-state index in [1.54, 1.807) is 6.92 Å². The molecule has 3 aromatic rings. The first kappa shape index (κ1) is 19.5. The second kappa shape index (κ2) is 6.62. The summed E-state index contributed by atoms with van der Waals surface area (Å²) in [6.07, 6.45) is -1.70. The molecule has 1 aromatic carbocycles. The van der Waals surface area contributed by atoms with Crippen LogP contribution in [0.4, 0.5) is 18.9 Å². The van der Waals surface area contributed by atoms with Gasteiger partial charge in [0.15, 0.2) is 5.82 Å². The third-order valence-electron chi connectivity index (χ3n) is 4.84. The van der Waals surface area contributed by atoms with E-state index < -0.39 is 23.3 Å². The lowest BCUT2D eigenvalue weighted by Crippen LogP contribution is -2.36. The lowest BCUT2D eigenvalue weighted by Gasteiger charge is -2.35. The van der Waals surface area contributed by atoms with Gasteiger partial charge >= 0.3 is 0 Å². The predicted octanol–water partition coefficient (Wildman–Crippen LogP) is 5.04. The molecule has 3 heterocycles. The highest BCUT2D eigenvalue weighted by atomic mass is 35.5. The number of pyridine rings is 1. The largest absolute Gasteiger partial charge is 0.481 e. The molecule has 0 saturated carbocycles. The molecule has 0 bridgehead atoms. The molecule has 152 valence electrons. The fourth-order valence-electron chi connectivity index (χ4n) is 3.68. The van der Waals surface area contributed by atoms with Crippen molar-refractivity contribution in [3.05, 3.63) is 46.4 Å². The number of anilines is 1. The summed E-state index contributed by atoms with van der Waals surface area (Å²) in [5.41, 5.74) is -1.24. The van der Waals surface area contributed by atoms with Gasteiger partial charge in [0, 0.05) is 17.3 Å². The molecule has 0 spiro atoms. The average Bonchev–Trinajstić information content (AvgIpc) is 3.03. The van der Waals surface area contributed by atoms with Gasteiger partial charge in [0.2, 0.25) is 5.88 Å². The van der Waals surface area contributed by atoms with E-state index in [0.29, 0.717) is 11.6 Å². The van der Waals surface area contributed by atoms with Crippen LogP contribution in [-0.2, 0) is 5.54 Å². The van der Waals surface area contributed by atoms with Crippen LogP contribution in [0.2, 0.25) is 5.02 Å². The quantitative estimate of drug-likeness (QED) is 0.639. The summed E-state index contributed by atoms with van der Waals surface area (Å²) in [5.74, 6) is -0.0107. The molecular formula is C19H17ClF3N5O. The Morgan fingerprint density at radius 3 is 2.62 bits per heavy atom. The van der Waals surface area contributed by atoms with Crippen molar-refractivity contribution in [2.24, 2.45) is 0 Å². The standard InChI is InChI=1S/C19H17ClF3N5O/c1-8-26-27-18-19(2,3)25-12-6-11(21)13(14(16(22)23)15(12)28(8)18)10-5-9(20)7-24-17(10)29-4/h5-7,16,25H,1-4H3. The van der Waals surface area contributed by atoms with Crippen molar-refractivity contribution in [2.75, 3.05) is 12.4 Å². The third-order valence-corrected chi connectivity index (χ3v) is 5.05. The number of hydrogen-bond donors (Lipinski definition) is 1. The second-order valence-electron chi connectivity index (χ2n) is 7.21. The maximum absolute atomic E-state index is 15.2. The highest BCUT2D eigenvalue weighted by Gasteiger charge is 2.39. The number of ether oxygens (including phenoxy) is 1. The molecule has 0 atom stereocenters. The van der Waals surface area contributed by atoms with E-state index in [9.17, 15) is 8.78 Å². The van der Waals surface area contributed by atoms with Gasteiger partial charge < -0.3 is 10.1 Å². The first-order valence-electron chi connectivity index (χ1n) is 8.71. The molecule has 2 aromatic heterocycles. The number of fused-ring (bicyclic) bond motifs is 3. The Bertz CT molecular complexity index is 1130. The van der Waals surface area contributed by atoms with E-state index in [2.05, 4.69) is 20.5 Å². The van der Waals surface area contributed by atoms with Crippen molar-refractivity contribution in [3.63, 3.8) is 0 Å². The summed E-state index contributed by atoms with van der Waals surface area (Å²) in [5, 5.41) is 11.4. The molecule has 0 aliphatic carbocycles. The summed E-state index contributed by atoms with van der Waals surface area (Å²) >= 11 is 6.01. The molecule has 29 heavy (non-hydrogen) atoms. The number of nitrogens with zero attached hydrogens (tertiary/aromatic N) is 4. The van der Waals surface area contributed by atoms with E-state index in [-0.39, 0.29) is 33.4 Å². The van der Waals surface area contributed by atoms with Gasteiger partial charge in [-0.3, -0.25) is 4.57 Å². The zero-order chi connectivity index (χ0) is 21.1. The van der Waals surface area contributed by atoms with Gasteiger partial charge in [-0.1, -0.05) is 11.6 Å². The number of alkyl halides is 2. The zero-order valence-electron chi connectivity index (χ0n) is 16.0. The van der Waals surface area contributed by atoms with Crippen LogP contribution in [0.5, 0.6) is 5.88 Å². The number of methoxy groups -OCH3 is 1. The van der Waals surface area contributed by atoms with E-state index in [1.165, 1.54) is 30.0 Å². The van der Waals surface area contributed by atoms with Crippen LogP contribution in [0.3, 0.4) is 0 Å². The number of aryl methyl sites for hydroxylation is 1. The first-order valence-corrected chi connectivity index (χ1v) is 9.09. The van der Waals surface area contributed by atoms with Gasteiger partial charge in [-0.2, -0.15) is 0 Å². The maximum Gasteiger partial charge on any atom is 0.266 e. The van der Waals surface area contributed by atoms with Crippen LogP contribution in [-0.4, -0.2) is 26.9 Å². The minimum absolute atomic E-state index is 0.0139. The monoisotopic (exact) mass is 423 g/mol. The Hall–Kier alpha value is -2.81. The maximum atomic E-state index is 15.2. The highest BCUT2D eigenvalue weighted by Crippen LogP contribution is 2.48. The lowest BCUT2D eigenvalue weighted by atomic mass is 9.93. The minimum Gasteiger partial charge on any atom is -0.481 e. The van der Waals surface area contributed by atoms with E-state index >= 15 is 4.39 Å².